The molecule has 3 fully saturated rings. The van der Waals surface area contributed by atoms with Gasteiger partial charge in [-0.15, -0.1) is 5.10 Å². The third-order valence-electron chi connectivity index (χ3n) is 12.1. The largest absolute Gasteiger partial charge is 0.477 e. The number of amides is 2. The van der Waals surface area contributed by atoms with E-state index in [0.717, 1.165) is 26.2 Å². The molecule has 13 N–H and O–H groups in total. The quantitative estimate of drug-likeness (QED) is 0.0347. The summed E-state index contributed by atoms with van der Waals surface area (Å²) in [5.41, 5.74) is 0.0880. The van der Waals surface area contributed by atoms with Crippen LogP contribution in [0.4, 0.5) is 0 Å². The number of aliphatic carboxylic acids is 1. The van der Waals surface area contributed by atoms with Crippen LogP contribution < -0.4 is 10.6 Å². The van der Waals surface area contributed by atoms with Gasteiger partial charge < -0.3 is 95.2 Å². The highest BCUT2D eigenvalue weighted by molar-refractivity contribution is 5.91. The normalized spacial score (nSPS) is 33.2. The Morgan fingerprint density at radius 3 is 2.06 bits per heavy atom. The van der Waals surface area contributed by atoms with E-state index >= 15 is 0 Å². The SMILES string of the molecule is CCCCCCCCCCCCCCNC(=O)c1cn(CCO[C@@H]2O[C@H](CO)[C@@H](O[C@@H]3O[C@H](CO[C@]4(C(=O)O)C[C@H](O)[C@@H](NC(C)=O)[C@H]([C@H](O)[C@H](O)CO)O4)[C@H](O)[C@H](O)[C@H]3O)[C@H](O)[C@H]2O)nn1. The lowest BCUT2D eigenvalue weighted by molar-refractivity contribution is -0.367. The predicted octanol–water partition coefficient (Wildman–Crippen LogP) is -3.48. The topological polar surface area (TPSA) is 384 Å². The molecule has 0 saturated carbocycles. The van der Waals surface area contributed by atoms with E-state index in [1.807, 2.05) is 0 Å². The lowest BCUT2D eigenvalue weighted by Gasteiger charge is -2.48. The lowest BCUT2D eigenvalue weighted by atomic mass is 9.88. The third-order valence-corrected chi connectivity index (χ3v) is 12.1. The Balaban J connectivity index is 1.26. The number of aromatic nitrogens is 3. The minimum absolute atomic E-state index is 0.0338. The Hall–Kier alpha value is -3.09. The second kappa shape index (κ2) is 27.9. The summed E-state index contributed by atoms with van der Waals surface area (Å²) in [6.45, 7) is 0.786. The number of hydrogen-bond donors (Lipinski definition) is 13. The number of carboxylic acid groups (broad SMARTS) is 1. The molecule has 4 rings (SSSR count). The first-order valence-electron chi connectivity index (χ1n) is 23.2. The summed E-state index contributed by atoms with van der Waals surface area (Å²) < 4.78 is 35.0. The highest BCUT2D eigenvalue weighted by Gasteiger charge is 2.57. The fourth-order valence-electron chi connectivity index (χ4n) is 8.21. The van der Waals surface area contributed by atoms with Gasteiger partial charge in [-0.1, -0.05) is 82.8 Å². The Kier molecular flexibility index (Phi) is 23.6. The van der Waals surface area contributed by atoms with Crippen molar-refractivity contribution < 1.29 is 99.0 Å². The number of unbranched alkanes of at least 4 members (excludes halogenated alkanes) is 11. The van der Waals surface area contributed by atoms with Gasteiger partial charge in [0.2, 0.25) is 5.91 Å². The van der Waals surface area contributed by atoms with E-state index in [4.69, 9.17) is 28.4 Å². The molecule has 0 bridgehead atoms. The van der Waals surface area contributed by atoms with Gasteiger partial charge in [0.25, 0.3) is 11.7 Å². The van der Waals surface area contributed by atoms with Crippen molar-refractivity contribution in [2.45, 2.75) is 202 Å². The van der Waals surface area contributed by atoms with Crippen molar-refractivity contribution in [1.82, 2.24) is 25.6 Å². The van der Waals surface area contributed by atoms with Crippen LogP contribution >= 0.6 is 0 Å². The molecule has 4 heterocycles. The Morgan fingerprint density at radius 2 is 1.46 bits per heavy atom. The summed E-state index contributed by atoms with van der Waals surface area (Å²) in [5, 5.41) is 129. The molecule has 0 radical (unpaired) electrons. The zero-order valence-electron chi connectivity index (χ0n) is 38.1. The van der Waals surface area contributed by atoms with Crippen molar-refractivity contribution in [3.63, 3.8) is 0 Å². The highest BCUT2D eigenvalue weighted by atomic mass is 16.8. The van der Waals surface area contributed by atoms with Gasteiger partial charge in [-0.2, -0.15) is 0 Å². The van der Waals surface area contributed by atoms with E-state index in [9.17, 15) is 70.6 Å². The first-order chi connectivity index (χ1) is 32.0. The molecular formula is C42H73N5O20. The van der Waals surface area contributed by atoms with Crippen LogP contribution in [-0.2, 0) is 44.6 Å². The van der Waals surface area contributed by atoms with Crippen LogP contribution in [0.25, 0.3) is 0 Å². The Morgan fingerprint density at radius 1 is 0.851 bits per heavy atom. The summed E-state index contributed by atoms with van der Waals surface area (Å²) in [6, 6.07) is -1.50. The van der Waals surface area contributed by atoms with Crippen LogP contribution in [0.15, 0.2) is 6.20 Å². The molecule has 3 saturated heterocycles. The van der Waals surface area contributed by atoms with E-state index in [-0.39, 0.29) is 24.8 Å². The average molecular weight is 968 g/mol. The number of hydrogen-bond acceptors (Lipinski definition) is 21. The van der Waals surface area contributed by atoms with Crippen LogP contribution in [0.3, 0.4) is 0 Å². The maximum atomic E-state index is 12.6. The van der Waals surface area contributed by atoms with Crippen molar-refractivity contribution in [3.05, 3.63) is 11.9 Å². The Labute approximate surface area is 388 Å². The number of nitrogens with zero attached hydrogens (tertiary/aromatic N) is 3. The maximum absolute atomic E-state index is 12.6. The van der Waals surface area contributed by atoms with Crippen LogP contribution in [0.5, 0.6) is 0 Å². The molecule has 1 aromatic heterocycles. The fraction of sp³-hybridized carbons (Fsp3) is 0.881. The van der Waals surface area contributed by atoms with Crippen molar-refractivity contribution in [2.75, 3.05) is 33.0 Å². The van der Waals surface area contributed by atoms with Crippen LogP contribution in [0.1, 0.15) is 108 Å². The smallest absolute Gasteiger partial charge is 0.364 e. The van der Waals surface area contributed by atoms with Crippen molar-refractivity contribution in [1.29, 1.82) is 0 Å². The number of carboxylic acids is 1. The molecule has 1 aromatic rings. The number of carbonyl (C=O) groups excluding carboxylic acids is 2. The molecule has 3 aliphatic heterocycles. The molecule has 2 amide bonds. The molecule has 3 aliphatic rings. The zero-order chi connectivity index (χ0) is 49.3. The third kappa shape index (κ3) is 16.0. The molecule has 0 spiro atoms. The van der Waals surface area contributed by atoms with Crippen molar-refractivity contribution in [3.8, 4) is 0 Å². The molecule has 25 heteroatoms. The fourth-order valence-corrected chi connectivity index (χ4v) is 8.21. The van der Waals surface area contributed by atoms with Crippen LogP contribution in [-0.4, -0.2) is 220 Å². The molecule has 0 unspecified atom stereocenters. The zero-order valence-corrected chi connectivity index (χ0v) is 38.1. The van der Waals surface area contributed by atoms with Gasteiger partial charge in [-0.3, -0.25) is 9.59 Å². The number of aliphatic hydroxyl groups excluding tert-OH is 10. The molecule has 0 aliphatic carbocycles. The van der Waals surface area contributed by atoms with Gasteiger partial charge in [0.15, 0.2) is 18.3 Å². The van der Waals surface area contributed by atoms with Crippen molar-refractivity contribution >= 4 is 17.8 Å². The standard InChI is InChI=1S/C42H73N5O20/c1-3-4-5-6-7-8-9-10-11-12-13-14-15-43-38(59)24-19-47(46-45-24)16-17-62-39-35(58)33(56)36(27(21-49)64-39)66-40-34(57)32(55)31(54)28(65-40)22-63-42(41(60)61)18-25(51)29(44-23(2)50)37(67-42)30(53)26(52)20-48/h19,25-37,39-40,48-49,51-58H,3-18,20-22H2,1-2H3,(H,43,59)(H,44,50)(H,60,61)/t25-,26+,27+,28+,29+,30+,31-,32-,33+,34+,35+,36+,37+,39+,40-,42+/m0/s1. The minimum atomic E-state index is -2.86. The number of ether oxygens (including phenoxy) is 6. The second-order valence-electron chi connectivity index (χ2n) is 17.4. The van der Waals surface area contributed by atoms with Crippen LogP contribution in [0.2, 0.25) is 0 Å². The van der Waals surface area contributed by atoms with E-state index in [1.165, 1.54) is 68.7 Å². The number of rotatable bonds is 29. The van der Waals surface area contributed by atoms with Crippen molar-refractivity contribution in [2.24, 2.45) is 0 Å². The first kappa shape index (κ1) is 56.5. The second-order valence-corrected chi connectivity index (χ2v) is 17.4. The van der Waals surface area contributed by atoms with Gasteiger partial charge >= 0.3 is 5.97 Å². The van der Waals surface area contributed by atoms with E-state index < -0.39 is 136 Å². The summed E-state index contributed by atoms with van der Waals surface area (Å²) in [6.07, 6.45) is -11.0. The number of nitrogens with one attached hydrogen (secondary N) is 2. The average Bonchev–Trinajstić information content (AvgIpc) is 3.78. The van der Waals surface area contributed by atoms with E-state index in [0.29, 0.717) is 6.54 Å². The van der Waals surface area contributed by atoms with Crippen LogP contribution in [0, 0.1) is 0 Å². The summed E-state index contributed by atoms with van der Waals surface area (Å²) in [4.78, 5) is 37.1. The molecular weight excluding hydrogens is 894 g/mol. The van der Waals surface area contributed by atoms with Gasteiger partial charge in [0.05, 0.1) is 51.3 Å². The highest BCUT2D eigenvalue weighted by Crippen LogP contribution is 2.35. The molecule has 386 valence electrons. The van der Waals surface area contributed by atoms with Gasteiger partial charge in [0, 0.05) is 19.9 Å². The summed E-state index contributed by atoms with van der Waals surface area (Å²) in [7, 11) is 0. The number of carbonyl (C=O) groups is 3. The molecule has 16 atom stereocenters. The van der Waals surface area contributed by atoms with Gasteiger partial charge in [0.1, 0.15) is 67.1 Å². The Bertz CT molecular complexity index is 1630. The van der Waals surface area contributed by atoms with Gasteiger partial charge in [-0.05, 0) is 6.42 Å². The molecule has 0 aromatic carbocycles. The van der Waals surface area contributed by atoms with Gasteiger partial charge in [-0.25, -0.2) is 9.48 Å². The maximum Gasteiger partial charge on any atom is 0.364 e. The minimum Gasteiger partial charge on any atom is -0.477 e. The summed E-state index contributed by atoms with van der Waals surface area (Å²) >= 11 is 0. The monoisotopic (exact) mass is 967 g/mol. The lowest BCUT2D eigenvalue weighted by Crippen LogP contribution is -2.68. The van der Waals surface area contributed by atoms with E-state index in [1.54, 1.807) is 0 Å². The molecule has 25 nitrogen and oxygen atoms in total. The first-order valence-corrected chi connectivity index (χ1v) is 23.2. The number of aliphatic hydroxyl groups is 10. The predicted molar refractivity (Wildman–Crippen MR) is 227 cm³/mol. The van der Waals surface area contributed by atoms with E-state index in [2.05, 4.69) is 27.9 Å². The summed E-state index contributed by atoms with van der Waals surface area (Å²) in [5.74, 6) is -5.85. The molecule has 67 heavy (non-hydrogen) atoms.